The minimum absolute atomic E-state index is 0.988. The van der Waals surface area contributed by atoms with Crippen LogP contribution in [0.25, 0.3) is 0 Å². The maximum Gasteiger partial charge on any atom is 0.122 e. The number of methoxy groups -OCH3 is 1. The van der Waals surface area contributed by atoms with E-state index in [0.29, 0.717) is 0 Å². The number of hydrogen-bond donors (Lipinski definition) is 0. The van der Waals surface area contributed by atoms with Gasteiger partial charge in [-0.3, -0.25) is 0 Å². The van der Waals surface area contributed by atoms with Gasteiger partial charge in [-0.2, -0.15) is 0 Å². The Balaban J connectivity index is 2.93. The summed E-state index contributed by atoms with van der Waals surface area (Å²) in [6, 6.07) is 6.14. The minimum Gasteiger partial charge on any atom is -0.496 e. The predicted molar refractivity (Wildman–Crippen MR) is 56.2 cm³/mol. The van der Waals surface area contributed by atoms with Gasteiger partial charge in [-0.15, -0.1) is 6.58 Å². The molecule has 0 saturated carbocycles. The third-order valence-corrected chi connectivity index (χ3v) is 2.19. The maximum atomic E-state index is 5.29. The van der Waals surface area contributed by atoms with Crippen molar-refractivity contribution < 1.29 is 4.74 Å². The van der Waals surface area contributed by atoms with Crippen LogP contribution in [-0.4, -0.2) is 7.11 Å². The summed E-state index contributed by atoms with van der Waals surface area (Å²) in [6.07, 6.45) is 3.95. The average molecular weight is 176 g/mol. The van der Waals surface area contributed by atoms with Crippen LogP contribution in [0.15, 0.2) is 30.9 Å². The Morgan fingerprint density at radius 3 is 2.85 bits per heavy atom. The molecular weight excluding hydrogens is 160 g/mol. The second-order valence-electron chi connectivity index (χ2n) is 3.08. The van der Waals surface area contributed by atoms with Crippen LogP contribution >= 0.6 is 0 Å². The highest BCUT2D eigenvalue weighted by atomic mass is 16.5. The van der Waals surface area contributed by atoms with Crippen molar-refractivity contribution in [2.75, 3.05) is 7.11 Å². The molecular formula is C12H16O. The molecule has 1 aromatic carbocycles. The van der Waals surface area contributed by atoms with Crippen LogP contribution in [-0.2, 0) is 6.42 Å². The molecule has 0 spiro atoms. The monoisotopic (exact) mass is 176 g/mol. The molecule has 0 aliphatic rings. The summed E-state index contributed by atoms with van der Waals surface area (Å²) in [7, 11) is 1.71. The van der Waals surface area contributed by atoms with Crippen LogP contribution < -0.4 is 4.74 Å². The smallest absolute Gasteiger partial charge is 0.122 e. The first-order valence-corrected chi connectivity index (χ1v) is 4.53. The average Bonchev–Trinajstić information content (AvgIpc) is 2.15. The molecule has 0 aliphatic carbocycles. The van der Waals surface area contributed by atoms with Gasteiger partial charge in [0.1, 0.15) is 5.75 Å². The van der Waals surface area contributed by atoms with E-state index in [9.17, 15) is 0 Å². The Hall–Kier alpha value is -1.24. The standard InChI is InChI=1S/C12H16O/c1-4-5-8-11-10(2)7-6-9-12(11)13-3/h4,6-7,9H,1,5,8H2,2-3H3. The fourth-order valence-corrected chi connectivity index (χ4v) is 1.43. The van der Waals surface area contributed by atoms with Crippen LogP contribution in [0.1, 0.15) is 17.5 Å². The number of hydrogen-bond acceptors (Lipinski definition) is 1. The summed E-state index contributed by atoms with van der Waals surface area (Å²) in [4.78, 5) is 0. The molecule has 0 saturated heterocycles. The van der Waals surface area contributed by atoms with Gasteiger partial charge in [0, 0.05) is 0 Å². The van der Waals surface area contributed by atoms with Crippen LogP contribution in [0, 0.1) is 6.92 Å². The summed E-state index contributed by atoms with van der Waals surface area (Å²) >= 11 is 0. The quantitative estimate of drug-likeness (QED) is 0.640. The normalized spacial score (nSPS) is 9.69. The summed E-state index contributed by atoms with van der Waals surface area (Å²) in [5, 5.41) is 0. The molecule has 0 aliphatic heterocycles. The van der Waals surface area contributed by atoms with Crippen molar-refractivity contribution in [3.63, 3.8) is 0 Å². The third-order valence-electron chi connectivity index (χ3n) is 2.19. The zero-order chi connectivity index (χ0) is 9.68. The molecule has 1 rings (SSSR count). The van der Waals surface area contributed by atoms with Crippen molar-refractivity contribution in [1.82, 2.24) is 0 Å². The van der Waals surface area contributed by atoms with Gasteiger partial charge < -0.3 is 4.74 Å². The highest BCUT2D eigenvalue weighted by Crippen LogP contribution is 2.22. The Morgan fingerprint density at radius 1 is 1.46 bits per heavy atom. The van der Waals surface area contributed by atoms with E-state index < -0.39 is 0 Å². The molecule has 13 heavy (non-hydrogen) atoms. The molecule has 1 heteroatoms. The lowest BCUT2D eigenvalue weighted by atomic mass is 10.0. The van der Waals surface area contributed by atoms with Crippen molar-refractivity contribution in [3.05, 3.63) is 42.0 Å². The molecule has 0 unspecified atom stereocenters. The molecule has 0 amide bonds. The molecule has 1 aromatic rings. The molecule has 1 nitrogen and oxygen atoms in total. The first kappa shape index (κ1) is 9.85. The fourth-order valence-electron chi connectivity index (χ4n) is 1.43. The number of benzene rings is 1. The van der Waals surface area contributed by atoms with E-state index in [-0.39, 0.29) is 0 Å². The van der Waals surface area contributed by atoms with Crippen molar-refractivity contribution >= 4 is 0 Å². The van der Waals surface area contributed by atoms with E-state index in [1.807, 2.05) is 18.2 Å². The van der Waals surface area contributed by atoms with E-state index >= 15 is 0 Å². The molecule has 0 N–H and O–H groups in total. The van der Waals surface area contributed by atoms with Crippen LogP contribution in [0.3, 0.4) is 0 Å². The molecule has 0 heterocycles. The SMILES string of the molecule is C=CCCc1c(C)cccc1OC. The van der Waals surface area contributed by atoms with Crippen molar-refractivity contribution in [3.8, 4) is 5.75 Å². The summed E-state index contributed by atoms with van der Waals surface area (Å²) in [5.74, 6) is 0.988. The lowest BCUT2D eigenvalue weighted by Gasteiger charge is -2.09. The topological polar surface area (TPSA) is 9.23 Å². The zero-order valence-electron chi connectivity index (χ0n) is 8.34. The Bertz CT molecular complexity index is 289. The molecule has 0 radical (unpaired) electrons. The fraction of sp³-hybridized carbons (Fsp3) is 0.333. The Kier molecular flexibility index (Phi) is 3.56. The largest absolute Gasteiger partial charge is 0.496 e. The molecule has 0 aromatic heterocycles. The number of aryl methyl sites for hydroxylation is 1. The van der Waals surface area contributed by atoms with Gasteiger partial charge in [-0.05, 0) is 37.0 Å². The van der Waals surface area contributed by atoms with Crippen LogP contribution in [0.4, 0.5) is 0 Å². The van der Waals surface area contributed by atoms with Gasteiger partial charge >= 0.3 is 0 Å². The highest BCUT2D eigenvalue weighted by molar-refractivity contribution is 5.39. The first-order chi connectivity index (χ1) is 6.29. The lowest BCUT2D eigenvalue weighted by molar-refractivity contribution is 0.409. The van der Waals surface area contributed by atoms with Gasteiger partial charge in [0.05, 0.1) is 7.11 Å². The van der Waals surface area contributed by atoms with E-state index in [4.69, 9.17) is 4.74 Å². The minimum atomic E-state index is 0.988. The van der Waals surface area contributed by atoms with Gasteiger partial charge in [-0.1, -0.05) is 18.2 Å². The predicted octanol–water partition coefficient (Wildman–Crippen LogP) is 3.12. The second-order valence-corrected chi connectivity index (χ2v) is 3.08. The van der Waals surface area contributed by atoms with Crippen molar-refractivity contribution in [2.24, 2.45) is 0 Å². The Labute approximate surface area is 80.0 Å². The van der Waals surface area contributed by atoms with Gasteiger partial charge in [0.2, 0.25) is 0 Å². The van der Waals surface area contributed by atoms with E-state index in [1.54, 1.807) is 7.11 Å². The maximum absolute atomic E-state index is 5.29. The van der Waals surface area contributed by atoms with Crippen LogP contribution in [0.5, 0.6) is 5.75 Å². The van der Waals surface area contributed by atoms with E-state index in [1.165, 1.54) is 11.1 Å². The van der Waals surface area contributed by atoms with Crippen LogP contribution in [0.2, 0.25) is 0 Å². The first-order valence-electron chi connectivity index (χ1n) is 4.53. The number of ether oxygens (including phenoxy) is 1. The molecule has 70 valence electrons. The summed E-state index contributed by atoms with van der Waals surface area (Å²) < 4.78 is 5.29. The zero-order valence-corrected chi connectivity index (χ0v) is 8.34. The molecule has 0 fully saturated rings. The van der Waals surface area contributed by atoms with Gasteiger partial charge in [0.15, 0.2) is 0 Å². The second kappa shape index (κ2) is 4.70. The van der Waals surface area contributed by atoms with Gasteiger partial charge in [-0.25, -0.2) is 0 Å². The van der Waals surface area contributed by atoms with E-state index in [2.05, 4.69) is 19.6 Å². The van der Waals surface area contributed by atoms with E-state index in [0.717, 1.165) is 18.6 Å². The summed E-state index contributed by atoms with van der Waals surface area (Å²) in [6.45, 7) is 5.83. The highest BCUT2D eigenvalue weighted by Gasteiger charge is 2.03. The molecule has 0 atom stereocenters. The van der Waals surface area contributed by atoms with Crippen molar-refractivity contribution in [1.29, 1.82) is 0 Å². The number of allylic oxidation sites excluding steroid dienone is 1. The third kappa shape index (κ3) is 2.35. The van der Waals surface area contributed by atoms with Crippen molar-refractivity contribution in [2.45, 2.75) is 19.8 Å². The summed E-state index contributed by atoms with van der Waals surface area (Å²) in [5.41, 5.74) is 2.59. The number of rotatable bonds is 4. The van der Waals surface area contributed by atoms with Gasteiger partial charge in [0.25, 0.3) is 0 Å². The Morgan fingerprint density at radius 2 is 2.23 bits per heavy atom. The lowest BCUT2D eigenvalue weighted by Crippen LogP contribution is -1.94. The molecule has 0 bridgehead atoms.